The van der Waals surface area contributed by atoms with E-state index in [1.807, 2.05) is 11.8 Å². The highest BCUT2D eigenvalue weighted by atomic mass is 32.2. The second kappa shape index (κ2) is 6.15. The Hall–Kier alpha value is 0.310. The minimum absolute atomic E-state index is 0.503. The Kier molecular flexibility index (Phi) is 5.48. The van der Waals surface area contributed by atoms with Crippen LogP contribution < -0.4 is 5.32 Å². The zero-order valence-corrected chi connectivity index (χ0v) is 11.6. The van der Waals surface area contributed by atoms with Gasteiger partial charge in [-0.1, -0.05) is 33.6 Å². The Morgan fingerprint density at radius 2 is 2.13 bits per heavy atom. The molecule has 0 aromatic carbocycles. The summed E-state index contributed by atoms with van der Waals surface area (Å²) in [4.78, 5) is 0. The molecule has 0 aromatic rings. The van der Waals surface area contributed by atoms with Crippen molar-refractivity contribution in [2.45, 2.75) is 65.5 Å². The number of hydrogen-bond acceptors (Lipinski definition) is 2. The first-order valence-electron chi connectivity index (χ1n) is 6.40. The molecule has 0 aliphatic heterocycles. The van der Waals surface area contributed by atoms with E-state index in [0.717, 1.165) is 6.04 Å². The lowest BCUT2D eigenvalue weighted by Gasteiger charge is -2.40. The minimum atomic E-state index is 0.503. The van der Waals surface area contributed by atoms with Gasteiger partial charge < -0.3 is 5.32 Å². The van der Waals surface area contributed by atoms with Crippen molar-refractivity contribution in [1.82, 2.24) is 5.32 Å². The third-order valence-electron chi connectivity index (χ3n) is 3.56. The smallest absolute Gasteiger partial charge is 0.0132 e. The maximum atomic E-state index is 3.82. The van der Waals surface area contributed by atoms with Crippen LogP contribution in [0.15, 0.2) is 0 Å². The van der Waals surface area contributed by atoms with E-state index >= 15 is 0 Å². The zero-order valence-electron chi connectivity index (χ0n) is 10.8. The average molecular weight is 229 g/mol. The first kappa shape index (κ1) is 13.4. The summed E-state index contributed by atoms with van der Waals surface area (Å²) in [6.45, 7) is 9.41. The predicted octanol–water partition coefficient (Wildman–Crippen LogP) is 3.69. The maximum Gasteiger partial charge on any atom is 0.0132 e. The molecule has 2 unspecified atom stereocenters. The van der Waals surface area contributed by atoms with Crippen LogP contribution in [0, 0.1) is 5.41 Å². The van der Waals surface area contributed by atoms with Gasteiger partial charge in [0.05, 0.1) is 0 Å². The molecular weight excluding hydrogens is 202 g/mol. The molecule has 2 atom stereocenters. The molecule has 15 heavy (non-hydrogen) atoms. The van der Waals surface area contributed by atoms with Gasteiger partial charge in [0.1, 0.15) is 0 Å². The topological polar surface area (TPSA) is 12.0 Å². The molecule has 1 nitrogen and oxygen atoms in total. The van der Waals surface area contributed by atoms with E-state index in [2.05, 4.69) is 33.0 Å². The fraction of sp³-hybridized carbons (Fsp3) is 1.00. The number of nitrogens with one attached hydrogen (secondary N) is 1. The van der Waals surface area contributed by atoms with Gasteiger partial charge in [-0.05, 0) is 30.9 Å². The molecule has 1 aliphatic rings. The lowest BCUT2D eigenvalue weighted by molar-refractivity contribution is 0.160. The largest absolute Gasteiger partial charge is 0.310 e. The molecule has 0 radical (unpaired) electrons. The quantitative estimate of drug-likeness (QED) is 0.772. The molecule has 1 saturated carbocycles. The van der Waals surface area contributed by atoms with E-state index in [9.17, 15) is 0 Å². The number of thioether (sulfide) groups is 1. The van der Waals surface area contributed by atoms with Crippen molar-refractivity contribution in [3.63, 3.8) is 0 Å². The minimum Gasteiger partial charge on any atom is -0.310 e. The van der Waals surface area contributed by atoms with Gasteiger partial charge in [-0.15, -0.1) is 0 Å². The van der Waals surface area contributed by atoms with Gasteiger partial charge in [0.15, 0.2) is 0 Å². The standard InChI is InChI=1S/C13H27NS/c1-5-15-10-11(2)14-12-8-6-7-9-13(12,3)4/h11-12,14H,5-10H2,1-4H3. The van der Waals surface area contributed by atoms with Crippen LogP contribution in [0.3, 0.4) is 0 Å². The SMILES string of the molecule is CCSCC(C)NC1CCCCC1(C)C. The van der Waals surface area contributed by atoms with Crippen molar-refractivity contribution in [2.75, 3.05) is 11.5 Å². The zero-order chi connectivity index (χ0) is 11.3. The lowest BCUT2D eigenvalue weighted by atomic mass is 9.73. The monoisotopic (exact) mass is 229 g/mol. The Labute approximate surface area is 99.8 Å². The molecule has 0 amide bonds. The maximum absolute atomic E-state index is 3.82. The van der Waals surface area contributed by atoms with Crippen LogP contribution in [0.5, 0.6) is 0 Å². The highest BCUT2D eigenvalue weighted by Crippen LogP contribution is 2.35. The molecular formula is C13H27NS. The molecule has 1 rings (SSSR count). The Morgan fingerprint density at radius 3 is 2.73 bits per heavy atom. The molecule has 1 aliphatic carbocycles. The molecule has 0 heterocycles. The number of hydrogen-bond donors (Lipinski definition) is 1. The molecule has 2 heteroatoms. The fourth-order valence-electron chi connectivity index (χ4n) is 2.49. The predicted molar refractivity (Wildman–Crippen MR) is 71.6 cm³/mol. The van der Waals surface area contributed by atoms with E-state index < -0.39 is 0 Å². The summed E-state index contributed by atoms with van der Waals surface area (Å²) in [5, 5.41) is 3.82. The summed E-state index contributed by atoms with van der Waals surface area (Å²) in [7, 11) is 0. The molecule has 0 aromatic heterocycles. The van der Waals surface area contributed by atoms with Crippen LogP contribution in [-0.4, -0.2) is 23.6 Å². The summed E-state index contributed by atoms with van der Waals surface area (Å²) in [6, 6.07) is 1.40. The summed E-state index contributed by atoms with van der Waals surface area (Å²) in [6.07, 6.45) is 5.59. The van der Waals surface area contributed by atoms with Crippen LogP contribution >= 0.6 is 11.8 Å². The third kappa shape index (κ3) is 4.36. The third-order valence-corrected chi connectivity index (χ3v) is 4.71. The van der Waals surface area contributed by atoms with Crippen molar-refractivity contribution >= 4 is 11.8 Å². The molecule has 0 bridgehead atoms. The van der Waals surface area contributed by atoms with Gasteiger partial charge in [0.2, 0.25) is 0 Å². The van der Waals surface area contributed by atoms with E-state index in [-0.39, 0.29) is 0 Å². The van der Waals surface area contributed by atoms with Crippen molar-refractivity contribution < 1.29 is 0 Å². The summed E-state index contributed by atoms with van der Waals surface area (Å²) in [5.41, 5.74) is 0.503. The van der Waals surface area contributed by atoms with Crippen LogP contribution in [0.25, 0.3) is 0 Å². The molecule has 0 saturated heterocycles. The van der Waals surface area contributed by atoms with Crippen LogP contribution in [-0.2, 0) is 0 Å². The summed E-state index contributed by atoms with van der Waals surface area (Å²) >= 11 is 2.04. The lowest BCUT2D eigenvalue weighted by Crippen LogP contribution is -2.48. The number of rotatable bonds is 5. The van der Waals surface area contributed by atoms with Gasteiger partial charge in [0, 0.05) is 17.8 Å². The molecule has 0 spiro atoms. The van der Waals surface area contributed by atoms with Crippen molar-refractivity contribution in [2.24, 2.45) is 5.41 Å². The van der Waals surface area contributed by atoms with E-state index in [0.29, 0.717) is 11.5 Å². The van der Waals surface area contributed by atoms with Gasteiger partial charge in [-0.3, -0.25) is 0 Å². The van der Waals surface area contributed by atoms with Crippen molar-refractivity contribution in [3.05, 3.63) is 0 Å². The highest BCUT2D eigenvalue weighted by Gasteiger charge is 2.32. The van der Waals surface area contributed by atoms with Crippen LogP contribution in [0.1, 0.15) is 53.4 Å². The average Bonchev–Trinajstić information content (AvgIpc) is 2.18. The molecule has 90 valence electrons. The summed E-state index contributed by atoms with van der Waals surface area (Å²) in [5.74, 6) is 2.49. The Balaban J connectivity index is 2.34. The van der Waals surface area contributed by atoms with E-state index in [1.54, 1.807) is 0 Å². The second-order valence-electron chi connectivity index (χ2n) is 5.51. The van der Waals surface area contributed by atoms with E-state index in [1.165, 1.54) is 37.2 Å². The van der Waals surface area contributed by atoms with E-state index in [4.69, 9.17) is 0 Å². The Morgan fingerprint density at radius 1 is 1.40 bits per heavy atom. The van der Waals surface area contributed by atoms with Crippen LogP contribution in [0.2, 0.25) is 0 Å². The van der Waals surface area contributed by atoms with Crippen LogP contribution in [0.4, 0.5) is 0 Å². The highest BCUT2D eigenvalue weighted by molar-refractivity contribution is 7.99. The molecule has 1 N–H and O–H groups in total. The molecule has 1 fully saturated rings. The van der Waals surface area contributed by atoms with Gasteiger partial charge >= 0.3 is 0 Å². The van der Waals surface area contributed by atoms with Crippen molar-refractivity contribution in [1.29, 1.82) is 0 Å². The first-order valence-corrected chi connectivity index (χ1v) is 7.55. The Bertz CT molecular complexity index is 179. The normalized spacial score (nSPS) is 27.6. The first-order chi connectivity index (χ1) is 7.06. The van der Waals surface area contributed by atoms with Crippen molar-refractivity contribution in [3.8, 4) is 0 Å². The summed E-state index contributed by atoms with van der Waals surface area (Å²) < 4.78 is 0. The van der Waals surface area contributed by atoms with Gasteiger partial charge in [-0.2, -0.15) is 11.8 Å². The van der Waals surface area contributed by atoms with Gasteiger partial charge in [-0.25, -0.2) is 0 Å². The second-order valence-corrected chi connectivity index (χ2v) is 6.83. The van der Waals surface area contributed by atoms with Gasteiger partial charge in [0.25, 0.3) is 0 Å². The fourth-order valence-corrected chi connectivity index (χ4v) is 3.17.